The fourth-order valence-electron chi connectivity index (χ4n) is 0.728. The number of rotatable bonds is 4. The van der Waals surface area contributed by atoms with Gasteiger partial charge in [-0.15, -0.1) is 0 Å². The van der Waals surface area contributed by atoms with Crippen LogP contribution in [0.25, 0.3) is 0 Å². The molecule has 1 aromatic rings. The van der Waals surface area contributed by atoms with Crippen molar-refractivity contribution in [2.24, 2.45) is 5.41 Å². The fourth-order valence-corrected chi connectivity index (χ4v) is 0.728. The van der Waals surface area contributed by atoms with Crippen LogP contribution in [-0.4, -0.2) is 61.7 Å². The minimum absolute atomic E-state index is 0.322. The van der Waals surface area contributed by atoms with Gasteiger partial charge in [-0.3, -0.25) is 4.57 Å². The van der Waals surface area contributed by atoms with Gasteiger partial charge in [0.25, 0.3) is 0 Å². The van der Waals surface area contributed by atoms with Crippen LogP contribution < -0.4 is 0 Å². The van der Waals surface area contributed by atoms with E-state index in [1.165, 1.54) is 0 Å². The summed E-state index contributed by atoms with van der Waals surface area (Å²) >= 11 is 0. The van der Waals surface area contributed by atoms with Crippen molar-refractivity contribution in [2.45, 2.75) is 0 Å². The van der Waals surface area contributed by atoms with Crippen molar-refractivity contribution in [2.75, 3.05) is 26.4 Å². The van der Waals surface area contributed by atoms with Crippen LogP contribution in [0.2, 0.25) is 0 Å². The SMILES string of the molecule is O=[PH](O)O.OCC(CO)(CO)CO.Oc1ccccc1. The largest absolute Gasteiger partial charge is 0.508 e. The molecule has 7 N–H and O–H groups in total. The summed E-state index contributed by atoms with van der Waals surface area (Å²) < 4.78 is 8.74. The summed E-state index contributed by atoms with van der Waals surface area (Å²) in [6.07, 6.45) is 0. The Morgan fingerprint density at radius 1 is 0.850 bits per heavy atom. The first-order valence-electron chi connectivity index (χ1n) is 5.46. The van der Waals surface area contributed by atoms with E-state index in [1.54, 1.807) is 24.3 Å². The summed E-state index contributed by atoms with van der Waals surface area (Å²) in [6, 6.07) is 8.71. The monoisotopic (exact) mass is 312 g/mol. The van der Waals surface area contributed by atoms with Crippen LogP contribution in [0.15, 0.2) is 30.3 Å². The molecule has 0 spiro atoms. The Morgan fingerprint density at radius 3 is 1.25 bits per heavy atom. The second kappa shape index (κ2) is 13.0. The highest BCUT2D eigenvalue weighted by molar-refractivity contribution is 7.30. The number of hydrogen-bond donors (Lipinski definition) is 7. The third-order valence-corrected chi connectivity index (χ3v) is 2.10. The number of benzene rings is 1. The molecule has 0 aliphatic heterocycles. The minimum atomic E-state index is -3.13. The Balaban J connectivity index is 0. The summed E-state index contributed by atoms with van der Waals surface area (Å²) in [5.74, 6) is 0.322. The van der Waals surface area contributed by atoms with Gasteiger partial charge >= 0.3 is 8.25 Å². The highest BCUT2D eigenvalue weighted by atomic mass is 31.1. The predicted molar refractivity (Wildman–Crippen MR) is 72.3 cm³/mol. The van der Waals surface area contributed by atoms with E-state index in [2.05, 4.69) is 0 Å². The minimum Gasteiger partial charge on any atom is -0.508 e. The number of para-hydroxylation sites is 1. The molecule has 0 atom stereocenters. The van der Waals surface area contributed by atoms with Crippen LogP contribution in [0.1, 0.15) is 0 Å². The number of aliphatic hydroxyl groups is 4. The van der Waals surface area contributed by atoms with Crippen molar-refractivity contribution >= 4 is 8.25 Å². The first kappa shape index (κ1) is 21.3. The smallest absolute Gasteiger partial charge is 0.314 e. The number of aliphatic hydroxyl groups excluding tert-OH is 4. The molecule has 0 unspecified atom stereocenters. The standard InChI is InChI=1S/C6H6O.C5H12O4.H3O3P/c7-6-4-2-1-3-5-6;6-1-5(2-7,3-8)4-9;1-4(2)3/h1-5,7H;6-9H,1-4H2;4H,(H2,1,2,3). The van der Waals surface area contributed by atoms with E-state index >= 15 is 0 Å². The molecular formula is C11H21O8P. The van der Waals surface area contributed by atoms with Crippen molar-refractivity contribution in [3.63, 3.8) is 0 Å². The lowest BCUT2D eigenvalue weighted by atomic mass is 9.93. The molecule has 8 nitrogen and oxygen atoms in total. The summed E-state index contributed by atoms with van der Waals surface area (Å²) in [5, 5.41) is 42.6. The van der Waals surface area contributed by atoms with Crippen LogP contribution >= 0.6 is 8.25 Å². The van der Waals surface area contributed by atoms with E-state index < -0.39 is 40.1 Å². The highest BCUT2D eigenvalue weighted by Crippen LogP contribution is 2.11. The van der Waals surface area contributed by atoms with Crippen molar-refractivity contribution in [3.05, 3.63) is 30.3 Å². The van der Waals surface area contributed by atoms with E-state index in [0.29, 0.717) is 5.75 Å². The molecule has 20 heavy (non-hydrogen) atoms. The second-order valence-corrected chi connectivity index (χ2v) is 4.32. The number of phenolic OH excluding ortho intramolecular Hbond substituents is 1. The third-order valence-electron chi connectivity index (χ3n) is 2.10. The molecule has 1 aromatic carbocycles. The fraction of sp³-hybridized carbons (Fsp3) is 0.455. The van der Waals surface area contributed by atoms with Crippen molar-refractivity contribution in [3.8, 4) is 5.75 Å². The molecule has 0 saturated heterocycles. The van der Waals surface area contributed by atoms with Gasteiger partial charge in [-0.2, -0.15) is 0 Å². The van der Waals surface area contributed by atoms with Gasteiger partial charge in [0.1, 0.15) is 5.75 Å². The quantitative estimate of drug-likeness (QED) is 0.338. The van der Waals surface area contributed by atoms with E-state index in [4.69, 9.17) is 39.9 Å². The van der Waals surface area contributed by atoms with Gasteiger partial charge in [0, 0.05) is 0 Å². The van der Waals surface area contributed by atoms with E-state index in [0.717, 1.165) is 0 Å². The predicted octanol–water partition coefficient (Wildman–Crippen LogP) is -1.31. The Kier molecular flexibility index (Phi) is 13.9. The van der Waals surface area contributed by atoms with E-state index in [1.807, 2.05) is 6.07 Å². The lowest BCUT2D eigenvalue weighted by Crippen LogP contribution is -2.37. The highest BCUT2D eigenvalue weighted by Gasteiger charge is 2.26. The van der Waals surface area contributed by atoms with E-state index in [-0.39, 0.29) is 0 Å². The van der Waals surface area contributed by atoms with Crippen molar-refractivity contribution in [1.29, 1.82) is 0 Å². The topological polar surface area (TPSA) is 159 Å². The zero-order valence-electron chi connectivity index (χ0n) is 10.8. The van der Waals surface area contributed by atoms with Gasteiger partial charge in [-0.05, 0) is 12.1 Å². The van der Waals surface area contributed by atoms with Crippen LogP contribution in [0.5, 0.6) is 5.75 Å². The molecule has 0 aromatic heterocycles. The molecule has 0 bridgehead atoms. The molecule has 9 heteroatoms. The summed E-state index contributed by atoms with van der Waals surface area (Å²) in [5.41, 5.74) is -1.11. The van der Waals surface area contributed by atoms with Crippen molar-refractivity contribution < 1.29 is 39.9 Å². The maximum Gasteiger partial charge on any atom is 0.314 e. The maximum atomic E-state index is 8.74. The zero-order valence-corrected chi connectivity index (χ0v) is 11.8. The summed E-state index contributed by atoms with van der Waals surface area (Å²) in [7, 11) is -3.13. The van der Waals surface area contributed by atoms with Gasteiger partial charge in [0.05, 0.1) is 31.8 Å². The summed E-state index contributed by atoms with van der Waals surface area (Å²) in [6.45, 7) is -1.62. The lowest BCUT2D eigenvalue weighted by Gasteiger charge is -2.23. The van der Waals surface area contributed by atoms with Crippen LogP contribution in [0.3, 0.4) is 0 Å². The molecule has 0 aliphatic carbocycles. The molecule has 0 aliphatic rings. The zero-order chi connectivity index (χ0) is 16.0. The molecular weight excluding hydrogens is 291 g/mol. The molecule has 0 amide bonds. The first-order valence-corrected chi connectivity index (χ1v) is 6.77. The molecule has 1 rings (SSSR count). The number of hydrogen-bond acceptors (Lipinski definition) is 6. The molecule has 118 valence electrons. The van der Waals surface area contributed by atoms with E-state index in [9.17, 15) is 0 Å². The molecule has 0 radical (unpaired) electrons. The number of aromatic hydroxyl groups is 1. The van der Waals surface area contributed by atoms with Crippen LogP contribution in [0, 0.1) is 5.41 Å². The average molecular weight is 312 g/mol. The molecule has 0 fully saturated rings. The second-order valence-electron chi connectivity index (χ2n) is 3.75. The normalized spacial score (nSPS) is 10.2. The Labute approximate surface area is 117 Å². The van der Waals surface area contributed by atoms with Crippen LogP contribution in [0.4, 0.5) is 0 Å². The average Bonchev–Trinajstić information content (AvgIpc) is 2.43. The lowest BCUT2D eigenvalue weighted by molar-refractivity contribution is -0.0328. The number of phenols is 1. The van der Waals surface area contributed by atoms with Gasteiger partial charge < -0.3 is 35.3 Å². The Hall–Kier alpha value is -0.990. The van der Waals surface area contributed by atoms with Gasteiger partial charge in [-0.25, -0.2) is 0 Å². The van der Waals surface area contributed by atoms with Crippen LogP contribution in [-0.2, 0) is 4.57 Å². The maximum absolute atomic E-state index is 8.74. The van der Waals surface area contributed by atoms with Gasteiger partial charge in [0.15, 0.2) is 0 Å². The van der Waals surface area contributed by atoms with Gasteiger partial charge in [-0.1, -0.05) is 18.2 Å². The molecule has 0 heterocycles. The molecule has 0 saturated carbocycles. The van der Waals surface area contributed by atoms with Crippen molar-refractivity contribution in [1.82, 2.24) is 0 Å². The Bertz CT molecular complexity index is 320. The third kappa shape index (κ3) is 12.1. The van der Waals surface area contributed by atoms with Gasteiger partial charge in [0.2, 0.25) is 0 Å². The first-order chi connectivity index (χ1) is 9.37. The summed E-state index contributed by atoms with van der Waals surface area (Å²) in [4.78, 5) is 14.3. The Morgan fingerprint density at radius 2 is 1.15 bits per heavy atom.